The number of rotatable bonds is 22. The van der Waals surface area contributed by atoms with Crippen LogP contribution in [0.15, 0.2) is 120 Å². The van der Waals surface area contributed by atoms with Crippen molar-refractivity contribution in [3.05, 3.63) is 143 Å². The minimum atomic E-state index is -0.208. The molecule has 1 aliphatic heterocycles. The molecule has 3 aliphatic carbocycles. The van der Waals surface area contributed by atoms with Crippen molar-refractivity contribution in [1.82, 2.24) is 34.8 Å². The molecule has 4 fully saturated rings. The number of nitrogens with two attached hydrogens (primary N) is 2. The summed E-state index contributed by atoms with van der Waals surface area (Å²) in [5.74, 6) is 11.7. The lowest BCUT2D eigenvalue weighted by Crippen LogP contribution is -2.31. The molecule has 2 amide bonds. The maximum Gasteiger partial charge on any atom is 0.286 e. The summed E-state index contributed by atoms with van der Waals surface area (Å²) in [6.45, 7) is 50.7. The quantitative estimate of drug-likeness (QED) is 0.0427. The average Bonchev–Trinajstić information content (AvgIpc) is 1.38. The van der Waals surface area contributed by atoms with Gasteiger partial charge in [-0.15, -0.1) is 11.3 Å². The Labute approximate surface area is 656 Å². The van der Waals surface area contributed by atoms with Crippen LogP contribution in [0, 0.1) is 88.3 Å². The largest absolute Gasteiger partial charge is 0.469 e. The number of imidazole rings is 1. The molecule has 0 radical (unpaired) electrons. The molecule has 602 valence electrons. The number of amides is 2. The molecule has 7 N–H and O–H groups in total. The first-order chi connectivity index (χ1) is 50.2. The van der Waals surface area contributed by atoms with Gasteiger partial charge < -0.3 is 30.7 Å². The number of nitrogen functional groups attached to an aromatic ring is 1. The normalized spacial score (nSPS) is 17.3. The molecule has 5 aromatic heterocycles. The number of aromatic nitrogens is 6. The van der Waals surface area contributed by atoms with E-state index >= 15 is 0 Å². The van der Waals surface area contributed by atoms with E-state index < -0.39 is 0 Å². The lowest BCUT2D eigenvalue weighted by atomic mass is 9.65. The number of anilines is 1. The fraction of sp³-hybridized carbons (Fsp3) is 0.700. The molecule has 0 spiro atoms. The highest BCUT2D eigenvalue weighted by atomic mass is 32.2. The van der Waals surface area contributed by atoms with Gasteiger partial charge >= 0.3 is 0 Å². The Bertz CT molecular complexity index is 2880. The average molecular weight is 1510 g/mol. The number of nitrogens with zero attached hydrogens (tertiary/aromatic N) is 6. The summed E-state index contributed by atoms with van der Waals surface area (Å²) >= 11 is 2.95. The van der Waals surface area contributed by atoms with Crippen molar-refractivity contribution in [3.8, 4) is 0 Å². The fourth-order valence-corrected chi connectivity index (χ4v) is 15.6. The summed E-state index contributed by atoms with van der Waals surface area (Å²) in [5.41, 5.74) is 15.3. The van der Waals surface area contributed by atoms with Crippen LogP contribution >= 0.6 is 23.1 Å². The summed E-state index contributed by atoms with van der Waals surface area (Å²) in [5, 5.41) is 22.4. The number of furan rings is 1. The summed E-state index contributed by atoms with van der Waals surface area (Å²) < 4.78 is 7.23. The minimum Gasteiger partial charge on any atom is -0.469 e. The molecular formula is C90H155N9O5S2. The van der Waals surface area contributed by atoms with Crippen molar-refractivity contribution < 1.29 is 24.2 Å². The zero-order valence-electron chi connectivity index (χ0n) is 70.8. The maximum absolute atomic E-state index is 11.0. The number of aliphatic hydroxyl groups excluding tert-OH is 2. The number of thiophene rings is 1. The van der Waals surface area contributed by atoms with E-state index in [1.807, 2.05) is 86.4 Å². The van der Waals surface area contributed by atoms with Gasteiger partial charge in [-0.1, -0.05) is 265 Å². The standard InChI is InChI=1S/C12H24.C11H22O.C11H16O.C10H21N.C8H13N3.C8H12N2.C8H12O.C8H12S.C7H12N2.C7H11NO2S/c1-10(2)12(3,4)11-8-6-5-7-9-11;2*1-9(2)11(8-12)10-6-4-3-5-7-10;1-8(2)6-9-4-3-5-10(11)7-9;1-6(2)5-7-3-4-10-8(9)11-7;1-7(2)5-8-3-4-9-6-10-8;2*1-7(2)6-8-4-3-5-9-8;1-7(2)5-9-4-3-8-6-9;1-4(2)3-5-6(9)8-7(10)11-5/h10-11H,5-9H2,1-4H3;9-12H,3-8H2,1-2H3;3-7,9,11-12H,8H2,1-2H3;8-10H,3-7,11H2,1-2H3;3-4,6H,5H2,1-2H3,(H2,9,10,11);3-4,6-7H,5H2,1-2H3;2*3-5,7H,6H2,1-2H3;3-4,6-7H,5H2,1-2H3;4-5H,3H2,1-2H3,(H,8,9,10). The fourth-order valence-electron chi connectivity index (χ4n) is 13.7. The number of benzene rings is 1. The summed E-state index contributed by atoms with van der Waals surface area (Å²) in [7, 11) is 0. The second-order valence-corrected chi connectivity index (χ2v) is 36.7. The van der Waals surface area contributed by atoms with Gasteiger partial charge in [0.05, 0.1) is 24.4 Å². The summed E-state index contributed by atoms with van der Waals surface area (Å²) in [6, 6.07) is 22.8. The van der Waals surface area contributed by atoms with Crippen LogP contribution in [0.3, 0.4) is 0 Å². The van der Waals surface area contributed by atoms with Crippen molar-refractivity contribution in [2.45, 2.75) is 304 Å². The molecule has 4 aliphatic rings. The molecule has 0 bridgehead atoms. The highest BCUT2D eigenvalue weighted by molar-refractivity contribution is 8.15. The number of hydrogen-bond donors (Lipinski definition) is 5. The predicted octanol–water partition coefficient (Wildman–Crippen LogP) is 23.3. The van der Waals surface area contributed by atoms with Gasteiger partial charge in [-0.2, -0.15) is 0 Å². The highest BCUT2D eigenvalue weighted by Crippen LogP contribution is 2.43. The van der Waals surface area contributed by atoms with Gasteiger partial charge in [0.25, 0.3) is 5.24 Å². The summed E-state index contributed by atoms with van der Waals surface area (Å²) in [6.07, 6.45) is 38.5. The molecule has 1 saturated heterocycles. The monoisotopic (exact) mass is 1510 g/mol. The Balaban J connectivity index is 0.000000590. The van der Waals surface area contributed by atoms with E-state index in [1.165, 1.54) is 113 Å². The van der Waals surface area contributed by atoms with E-state index in [2.05, 4.69) is 203 Å². The second-order valence-electron chi connectivity index (χ2n) is 34.5. The highest BCUT2D eigenvalue weighted by Gasteiger charge is 2.34. The van der Waals surface area contributed by atoms with Crippen molar-refractivity contribution in [1.29, 1.82) is 0 Å². The van der Waals surface area contributed by atoms with Crippen LogP contribution in [0.2, 0.25) is 0 Å². The van der Waals surface area contributed by atoms with Gasteiger partial charge in [-0.05, 0) is 187 Å². The molecule has 14 nitrogen and oxygen atoms in total. The van der Waals surface area contributed by atoms with Gasteiger partial charge in [0.1, 0.15) is 12.1 Å². The maximum atomic E-state index is 11.0. The third-order valence-electron chi connectivity index (χ3n) is 19.9. The number of hydrogen-bond acceptors (Lipinski definition) is 14. The molecule has 10 rings (SSSR count). The van der Waals surface area contributed by atoms with E-state index in [0.29, 0.717) is 71.4 Å². The Kier molecular flexibility index (Phi) is 53.8. The number of aliphatic hydroxyl groups is 2. The number of nitrogens with one attached hydrogen (secondary N) is 1. The van der Waals surface area contributed by atoms with E-state index in [9.17, 15) is 14.7 Å². The second kappa shape index (κ2) is 57.8. The molecule has 106 heavy (non-hydrogen) atoms. The van der Waals surface area contributed by atoms with Crippen LogP contribution in [0.1, 0.15) is 289 Å². The third-order valence-corrected chi connectivity index (χ3v) is 21.8. The van der Waals surface area contributed by atoms with Crippen molar-refractivity contribution in [2.75, 3.05) is 18.9 Å². The van der Waals surface area contributed by atoms with Crippen LogP contribution in [0.5, 0.6) is 0 Å². The lowest BCUT2D eigenvalue weighted by molar-refractivity contribution is -0.119. The zero-order valence-corrected chi connectivity index (χ0v) is 72.5. The van der Waals surface area contributed by atoms with Gasteiger partial charge in [0.15, 0.2) is 0 Å². The van der Waals surface area contributed by atoms with Crippen LogP contribution in [0.4, 0.5) is 10.7 Å². The van der Waals surface area contributed by atoms with Gasteiger partial charge in [0.2, 0.25) is 11.9 Å². The molecular weight excluding hydrogens is 1350 g/mol. The number of thioether (sulfide) groups is 1. The Morgan fingerprint density at radius 3 is 1.64 bits per heavy atom. The molecule has 3 saturated carbocycles. The van der Waals surface area contributed by atoms with E-state index in [4.69, 9.17) is 21.0 Å². The smallest absolute Gasteiger partial charge is 0.286 e. The van der Waals surface area contributed by atoms with Crippen LogP contribution in [0.25, 0.3) is 0 Å². The van der Waals surface area contributed by atoms with Crippen molar-refractivity contribution >= 4 is 40.2 Å². The van der Waals surface area contributed by atoms with Gasteiger partial charge in [0, 0.05) is 72.6 Å². The first kappa shape index (κ1) is 98.7. The number of imide groups is 1. The topological polar surface area (TPSA) is 221 Å². The van der Waals surface area contributed by atoms with E-state index in [0.717, 1.165) is 96.6 Å². The first-order valence-corrected chi connectivity index (χ1v) is 42.8. The van der Waals surface area contributed by atoms with Crippen LogP contribution in [-0.2, 0) is 37.0 Å². The molecule has 6 aromatic rings. The molecule has 1 aromatic carbocycles. The van der Waals surface area contributed by atoms with E-state index in [1.54, 1.807) is 25.0 Å². The minimum absolute atomic E-state index is 0.131. The van der Waals surface area contributed by atoms with E-state index in [-0.39, 0.29) is 28.9 Å². The van der Waals surface area contributed by atoms with Crippen molar-refractivity contribution in [2.24, 2.45) is 94.0 Å². The van der Waals surface area contributed by atoms with Crippen LogP contribution < -0.4 is 16.8 Å². The summed E-state index contributed by atoms with van der Waals surface area (Å²) in [4.78, 5) is 42.9. The first-order valence-electron chi connectivity index (χ1n) is 41.0. The number of carbonyl (C=O) groups is 2. The molecule has 5 atom stereocenters. The zero-order chi connectivity index (χ0) is 79.6. The lowest BCUT2D eigenvalue weighted by Gasteiger charge is -2.40. The molecule has 6 heterocycles. The van der Waals surface area contributed by atoms with Crippen LogP contribution in [-0.4, -0.2) is 75.4 Å². The Hall–Kier alpha value is -5.26. The molecule has 16 heteroatoms. The molecule has 5 unspecified atom stereocenters. The van der Waals surface area contributed by atoms with Crippen molar-refractivity contribution in [3.63, 3.8) is 0 Å². The SMILES string of the molecule is CC(C)C(C)(C)C1CCCCC1.CC(C)C(CO)C1CCCCC1.CC(C)C(CO)c1ccccc1.CC(C)CC1CCCC(N)C1.CC(C)CC1SC(=O)NC1=O.CC(C)Cc1ccco1.CC(C)Cc1cccs1.CC(C)Cc1ccnc(N)n1.CC(C)Cc1ccncn1.CC(C)Cn1ccnc1. The number of carbonyl (C=O) groups excluding carboxylic acids is 2. The van der Waals surface area contributed by atoms with Gasteiger partial charge in [-0.25, -0.2) is 24.9 Å². The Morgan fingerprint density at radius 1 is 0.594 bits per heavy atom. The third kappa shape index (κ3) is 48.3. The Morgan fingerprint density at radius 2 is 1.20 bits per heavy atom. The van der Waals surface area contributed by atoms with Gasteiger partial charge in [-0.3, -0.25) is 14.9 Å². The predicted molar refractivity (Wildman–Crippen MR) is 455 cm³/mol.